The molecule has 2 rings (SSSR count). The summed E-state index contributed by atoms with van der Waals surface area (Å²) >= 11 is 0. The fraction of sp³-hybridized carbons (Fsp3) is 0.688. The van der Waals surface area contributed by atoms with Gasteiger partial charge in [0.15, 0.2) is 5.69 Å². The molecule has 1 fully saturated rings. The van der Waals surface area contributed by atoms with Crippen LogP contribution in [0.25, 0.3) is 0 Å². The zero-order valence-corrected chi connectivity index (χ0v) is 13.3. The van der Waals surface area contributed by atoms with E-state index in [0.717, 1.165) is 31.6 Å². The summed E-state index contributed by atoms with van der Waals surface area (Å²) in [6.07, 6.45) is 5.69. The van der Waals surface area contributed by atoms with Crippen LogP contribution in [0.4, 0.5) is 5.82 Å². The summed E-state index contributed by atoms with van der Waals surface area (Å²) in [5.74, 6) is 1.40. The second kappa shape index (κ2) is 7.38. The molecule has 1 aliphatic rings. The molecule has 5 heteroatoms. The van der Waals surface area contributed by atoms with Gasteiger partial charge in [-0.2, -0.15) is 0 Å². The first-order chi connectivity index (χ1) is 10.1. The van der Waals surface area contributed by atoms with Gasteiger partial charge in [-0.05, 0) is 37.3 Å². The number of aromatic nitrogens is 2. The second-order valence-electron chi connectivity index (χ2n) is 6.07. The Morgan fingerprint density at radius 3 is 2.81 bits per heavy atom. The SMILES string of the molecule is CCCNc1ccc(C(=O)N(C)C2CCCC(C)C2)nn1. The van der Waals surface area contributed by atoms with E-state index in [0.29, 0.717) is 17.7 Å². The summed E-state index contributed by atoms with van der Waals surface area (Å²) in [7, 11) is 1.88. The van der Waals surface area contributed by atoms with Gasteiger partial charge in [0.05, 0.1) is 0 Å². The van der Waals surface area contributed by atoms with E-state index in [1.165, 1.54) is 12.8 Å². The van der Waals surface area contributed by atoms with E-state index in [9.17, 15) is 4.79 Å². The molecule has 1 saturated carbocycles. The predicted octanol–water partition coefficient (Wildman–Crippen LogP) is 2.95. The number of amides is 1. The highest BCUT2D eigenvalue weighted by atomic mass is 16.2. The van der Waals surface area contributed by atoms with Gasteiger partial charge in [0.25, 0.3) is 5.91 Å². The van der Waals surface area contributed by atoms with Gasteiger partial charge >= 0.3 is 0 Å². The van der Waals surface area contributed by atoms with Crippen molar-refractivity contribution in [1.29, 1.82) is 0 Å². The van der Waals surface area contributed by atoms with Gasteiger partial charge in [0, 0.05) is 19.6 Å². The van der Waals surface area contributed by atoms with Gasteiger partial charge in [-0.1, -0.05) is 26.7 Å². The summed E-state index contributed by atoms with van der Waals surface area (Å²) in [6, 6.07) is 3.92. The number of rotatable bonds is 5. The van der Waals surface area contributed by atoms with Gasteiger partial charge in [-0.15, -0.1) is 10.2 Å². The fourth-order valence-electron chi connectivity index (χ4n) is 2.89. The molecule has 0 saturated heterocycles. The van der Waals surface area contributed by atoms with Crippen molar-refractivity contribution in [2.45, 2.75) is 52.0 Å². The Kier molecular flexibility index (Phi) is 5.53. The minimum Gasteiger partial charge on any atom is -0.369 e. The van der Waals surface area contributed by atoms with Gasteiger partial charge in [0.1, 0.15) is 5.82 Å². The molecule has 0 aromatic carbocycles. The lowest BCUT2D eigenvalue weighted by atomic mass is 9.86. The number of anilines is 1. The van der Waals surface area contributed by atoms with Crippen LogP contribution in [0.3, 0.4) is 0 Å². The standard InChI is InChI=1S/C16H26N4O/c1-4-10-17-15-9-8-14(18-19-15)16(21)20(3)13-7-5-6-12(2)11-13/h8-9,12-13H,4-7,10-11H2,1-3H3,(H,17,19). The molecule has 1 aromatic heterocycles. The zero-order chi connectivity index (χ0) is 15.2. The highest BCUT2D eigenvalue weighted by Crippen LogP contribution is 2.27. The maximum atomic E-state index is 12.5. The third-order valence-electron chi connectivity index (χ3n) is 4.22. The Hall–Kier alpha value is -1.65. The second-order valence-corrected chi connectivity index (χ2v) is 6.07. The summed E-state index contributed by atoms with van der Waals surface area (Å²) in [5.41, 5.74) is 0.428. The Labute approximate surface area is 127 Å². The van der Waals surface area contributed by atoms with Crippen molar-refractivity contribution in [3.8, 4) is 0 Å². The number of hydrogen-bond donors (Lipinski definition) is 1. The maximum Gasteiger partial charge on any atom is 0.274 e. The largest absolute Gasteiger partial charge is 0.369 e. The molecular formula is C16H26N4O. The molecule has 1 N–H and O–H groups in total. The molecule has 1 aromatic rings. The molecule has 0 spiro atoms. The molecule has 2 unspecified atom stereocenters. The third-order valence-corrected chi connectivity index (χ3v) is 4.22. The maximum absolute atomic E-state index is 12.5. The van der Waals surface area contributed by atoms with Gasteiger partial charge in [-0.3, -0.25) is 4.79 Å². The van der Waals surface area contributed by atoms with Crippen LogP contribution in [0.2, 0.25) is 0 Å². The number of nitrogens with one attached hydrogen (secondary N) is 1. The monoisotopic (exact) mass is 290 g/mol. The minimum atomic E-state index is -0.0244. The van der Waals surface area contributed by atoms with Crippen LogP contribution in [-0.2, 0) is 0 Å². The van der Waals surface area contributed by atoms with Gasteiger partial charge < -0.3 is 10.2 Å². The molecule has 1 amide bonds. The van der Waals surface area contributed by atoms with E-state index in [4.69, 9.17) is 0 Å². The van der Waals surface area contributed by atoms with Crippen LogP contribution in [0.1, 0.15) is 56.4 Å². The average Bonchev–Trinajstić information content (AvgIpc) is 2.52. The normalized spacial score (nSPS) is 21.9. The molecule has 1 aliphatic carbocycles. The van der Waals surface area contributed by atoms with Crippen molar-refractivity contribution in [1.82, 2.24) is 15.1 Å². The van der Waals surface area contributed by atoms with Crippen LogP contribution in [0, 0.1) is 5.92 Å². The molecule has 0 aliphatic heterocycles. The third kappa shape index (κ3) is 4.16. The van der Waals surface area contributed by atoms with E-state index in [2.05, 4.69) is 29.4 Å². The van der Waals surface area contributed by atoms with Gasteiger partial charge in [0.2, 0.25) is 0 Å². The fourth-order valence-corrected chi connectivity index (χ4v) is 2.89. The summed E-state index contributed by atoms with van der Waals surface area (Å²) < 4.78 is 0. The first-order valence-electron chi connectivity index (χ1n) is 7.96. The molecule has 0 bridgehead atoms. The Bertz CT molecular complexity index is 460. The van der Waals surface area contributed by atoms with E-state index in [1.54, 1.807) is 6.07 Å². The van der Waals surface area contributed by atoms with Crippen molar-refractivity contribution in [2.24, 2.45) is 5.92 Å². The number of carbonyl (C=O) groups excluding carboxylic acids is 1. The zero-order valence-electron chi connectivity index (χ0n) is 13.3. The topological polar surface area (TPSA) is 58.1 Å². The summed E-state index contributed by atoms with van der Waals surface area (Å²) in [4.78, 5) is 14.3. The Balaban J connectivity index is 1.98. The number of carbonyl (C=O) groups is 1. The lowest BCUT2D eigenvalue weighted by Gasteiger charge is -2.33. The Morgan fingerprint density at radius 1 is 1.38 bits per heavy atom. The Morgan fingerprint density at radius 2 is 2.19 bits per heavy atom. The quantitative estimate of drug-likeness (QED) is 0.906. The van der Waals surface area contributed by atoms with Crippen molar-refractivity contribution in [3.63, 3.8) is 0 Å². The first kappa shape index (κ1) is 15.7. The molecule has 1 heterocycles. The van der Waals surface area contributed by atoms with Crippen molar-refractivity contribution in [3.05, 3.63) is 17.8 Å². The summed E-state index contributed by atoms with van der Waals surface area (Å²) in [6.45, 7) is 5.22. The van der Waals surface area contributed by atoms with Crippen LogP contribution in [-0.4, -0.2) is 40.6 Å². The number of nitrogens with zero attached hydrogens (tertiary/aromatic N) is 3. The van der Waals surface area contributed by atoms with Gasteiger partial charge in [-0.25, -0.2) is 0 Å². The predicted molar refractivity (Wildman–Crippen MR) is 84.3 cm³/mol. The molecule has 116 valence electrons. The van der Waals surface area contributed by atoms with Crippen molar-refractivity contribution < 1.29 is 4.79 Å². The van der Waals surface area contributed by atoms with Crippen LogP contribution >= 0.6 is 0 Å². The summed E-state index contributed by atoms with van der Waals surface area (Å²) in [5, 5.41) is 11.3. The minimum absolute atomic E-state index is 0.0244. The lowest BCUT2D eigenvalue weighted by Crippen LogP contribution is -2.40. The molecule has 0 radical (unpaired) electrons. The highest BCUT2D eigenvalue weighted by Gasteiger charge is 2.26. The van der Waals surface area contributed by atoms with Crippen LogP contribution in [0.5, 0.6) is 0 Å². The smallest absolute Gasteiger partial charge is 0.274 e. The average molecular weight is 290 g/mol. The van der Waals surface area contributed by atoms with Crippen molar-refractivity contribution in [2.75, 3.05) is 18.9 Å². The van der Waals surface area contributed by atoms with E-state index >= 15 is 0 Å². The van der Waals surface area contributed by atoms with E-state index in [1.807, 2.05) is 18.0 Å². The van der Waals surface area contributed by atoms with Crippen molar-refractivity contribution >= 4 is 11.7 Å². The lowest BCUT2D eigenvalue weighted by molar-refractivity contribution is 0.0665. The van der Waals surface area contributed by atoms with E-state index < -0.39 is 0 Å². The van der Waals surface area contributed by atoms with Crippen LogP contribution in [0.15, 0.2) is 12.1 Å². The molecule has 21 heavy (non-hydrogen) atoms. The van der Waals surface area contributed by atoms with Crippen LogP contribution < -0.4 is 5.32 Å². The molecular weight excluding hydrogens is 264 g/mol. The molecule has 5 nitrogen and oxygen atoms in total. The molecule has 2 atom stereocenters. The van der Waals surface area contributed by atoms with E-state index in [-0.39, 0.29) is 5.91 Å². The highest BCUT2D eigenvalue weighted by molar-refractivity contribution is 5.92. The number of hydrogen-bond acceptors (Lipinski definition) is 4. The first-order valence-corrected chi connectivity index (χ1v) is 7.96.